The first kappa shape index (κ1) is 12.5. The van der Waals surface area contributed by atoms with E-state index in [0.29, 0.717) is 6.54 Å². The Kier molecular flexibility index (Phi) is 3.89. The predicted octanol–water partition coefficient (Wildman–Crippen LogP) is 1.88. The second kappa shape index (κ2) is 5.60. The topological polar surface area (TPSA) is 55.0 Å². The molecule has 2 aromatic heterocycles. The van der Waals surface area contributed by atoms with Gasteiger partial charge in [0.25, 0.3) is 0 Å². The van der Waals surface area contributed by atoms with E-state index in [1.54, 1.807) is 6.20 Å². The van der Waals surface area contributed by atoms with E-state index in [1.165, 1.54) is 0 Å². The fourth-order valence-corrected chi connectivity index (χ4v) is 1.84. The highest BCUT2D eigenvalue weighted by atomic mass is 15.1. The molecule has 0 atom stereocenters. The molecule has 18 heavy (non-hydrogen) atoms. The minimum Gasteiger partial charge on any atom is -0.369 e. The average molecular weight is 242 g/mol. The fourth-order valence-electron chi connectivity index (χ4n) is 1.84. The molecule has 0 aliphatic heterocycles. The first-order valence-corrected chi connectivity index (χ1v) is 5.97. The molecule has 0 aliphatic rings. The molecule has 2 rings (SSSR count). The standard InChI is InChI=1S/C14H18N4/c1-11-4-3-5-12(17-11)10-18(2)14-6-7-16-13(8-14)9-15/h3-8H,9-10,15H2,1-2H3. The number of hydrogen-bond acceptors (Lipinski definition) is 4. The lowest BCUT2D eigenvalue weighted by Crippen LogP contribution is -2.18. The number of rotatable bonds is 4. The number of anilines is 1. The van der Waals surface area contributed by atoms with Crippen LogP contribution in [-0.2, 0) is 13.1 Å². The van der Waals surface area contributed by atoms with E-state index >= 15 is 0 Å². The van der Waals surface area contributed by atoms with E-state index in [1.807, 2.05) is 44.3 Å². The van der Waals surface area contributed by atoms with Crippen molar-refractivity contribution in [3.8, 4) is 0 Å². The maximum absolute atomic E-state index is 5.60. The van der Waals surface area contributed by atoms with Crippen LogP contribution in [0.25, 0.3) is 0 Å². The van der Waals surface area contributed by atoms with Gasteiger partial charge in [-0.3, -0.25) is 9.97 Å². The molecule has 0 amide bonds. The van der Waals surface area contributed by atoms with Crippen molar-refractivity contribution < 1.29 is 0 Å². The Bertz CT molecular complexity index is 525. The first-order valence-electron chi connectivity index (χ1n) is 5.97. The quantitative estimate of drug-likeness (QED) is 0.889. The van der Waals surface area contributed by atoms with Crippen molar-refractivity contribution >= 4 is 5.69 Å². The first-order chi connectivity index (χ1) is 8.69. The van der Waals surface area contributed by atoms with Crippen LogP contribution in [0.5, 0.6) is 0 Å². The zero-order valence-electron chi connectivity index (χ0n) is 10.8. The summed E-state index contributed by atoms with van der Waals surface area (Å²) < 4.78 is 0. The smallest absolute Gasteiger partial charge is 0.0600 e. The molecule has 0 saturated heterocycles. The molecule has 0 aliphatic carbocycles. The van der Waals surface area contributed by atoms with Crippen LogP contribution in [0.1, 0.15) is 17.1 Å². The third-order valence-electron chi connectivity index (χ3n) is 2.80. The molecule has 2 N–H and O–H groups in total. The maximum Gasteiger partial charge on any atom is 0.0600 e. The third kappa shape index (κ3) is 3.05. The normalized spacial score (nSPS) is 10.4. The molecule has 94 valence electrons. The van der Waals surface area contributed by atoms with Gasteiger partial charge in [0.15, 0.2) is 0 Å². The van der Waals surface area contributed by atoms with Crippen molar-refractivity contribution in [3.05, 3.63) is 53.6 Å². The second-order valence-corrected chi connectivity index (χ2v) is 4.34. The van der Waals surface area contributed by atoms with Gasteiger partial charge >= 0.3 is 0 Å². The lowest BCUT2D eigenvalue weighted by molar-refractivity contribution is 0.870. The predicted molar refractivity (Wildman–Crippen MR) is 73.2 cm³/mol. The van der Waals surface area contributed by atoms with Gasteiger partial charge in [0.1, 0.15) is 0 Å². The number of pyridine rings is 2. The highest BCUT2D eigenvalue weighted by molar-refractivity contribution is 5.46. The number of aryl methyl sites for hydroxylation is 1. The van der Waals surface area contributed by atoms with E-state index in [2.05, 4.69) is 14.9 Å². The molecular weight excluding hydrogens is 224 g/mol. The van der Waals surface area contributed by atoms with Crippen LogP contribution in [0.3, 0.4) is 0 Å². The summed E-state index contributed by atoms with van der Waals surface area (Å²) in [7, 11) is 2.04. The van der Waals surface area contributed by atoms with E-state index in [0.717, 1.165) is 29.3 Å². The SMILES string of the molecule is Cc1cccc(CN(C)c2ccnc(CN)c2)n1. The fraction of sp³-hybridized carbons (Fsp3) is 0.286. The van der Waals surface area contributed by atoms with Crippen molar-refractivity contribution in [1.29, 1.82) is 0 Å². The van der Waals surface area contributed by atoms with Crippen molar-refractivity contribution in [3.63, 3.8) is 0 Å². The summed E-state index contributed by atoms with van der Waals surface area (Å²) in [6.45, 7) is 3.24. The molecule has 2 aromatic rings. The summed E-state index contributed by atoms with van der Waals surface area (Å²) in [6.07, 6.45) is 1.79. The minimum atomic E-state index is 0.463. The van der Waals surface area contributed by atoms with E-state index in [4.69, 9.17) is 5.73 Å². The van der Waals surface area contributed by atoms with E-state index in [9.17, 15) is 0 Å². The summed E-state index contributed by atoms with van der Waals surface area (Å²) in [6, 6.07) is 10.1. The van der Waals surface area contributed by atoms with Gasteiger partial charge in [-0.1, -0.05) is 6.07 Å². The summed E-state index contributed by atoms with van der Waals surface area (Å²) in [4.78, 5) is 10.8. The Balaban J connectivity index is 2.13. The zero-order valence-corrected chi connectivity index (χ0v) is 10.8. The van der Waals surface area contributed by atoms with Gasteiger partial charge in [0.2, 0.25) is 0 Å². The third-order valence-corrected chi connectivity index (χ3v) is 2.80. The molecule has 0 unspecified atom stereocenters. The zero-order chi connectivity index (χ0) is 13.0. The molecule has 0 bridgehead atoms. The van der Waals surface area contributed by atoms with Crippen LogP contribution < -0.4 is 10.6 Å². The number of nitrogens with two attached hydrogens (primary N) is 1. The summed E-state index contributed by atoms with van der Waals surface area (Å²) >= 11 is 0. The Labute approximate surface area is 107 Å². The van der Waals surface area contributed by atoms with Crippen LogP contribution in [0.2, 0.25) is 0 Å². The molecular formula is C14H18N4. The number of hydrogen-bond donors (Lipinski definition) is 1. The van der Waals surface area contributed by atoms with Gasteiger partial charge in [-0.2, -0.15) is 0 Å². The molecule has 0 spiro atoms. The average Bonchev–Trinajstić information content (AvgIpc) is 2.39. The van der Waals surface area contributed by atoms with Gasteiger partial charge in [-0.25, -0.2) is 0 Å². The Hall–Kier alpha value is -1.94. The maximum atomic E-state index is 5.60. The van der Waals surface area contributed by atoms with Crippen LogP contribution in [0, 0.1) is 6.92 Å². The minimum absolute atomic E-state index is 0.463. The second-order valence-electron chi connectivity index (χ2n) is 4.34. The van der Waals surface area contributed by atoms with Crippen molar-refractivity contribution in [1.82, 2.24) is 9.97 Å². The van der Waals surface area contributed by atoms with Gasteiger partial charge in [-0.15, -0.1) is 0 Å². The highest BCUT2D eigenvalue weighted by Crippen LogP contribution is 2.15. The van der Waals surface area contributed by atoms with E-state index < -0.39 is 0 Å². The molecule has 0 fully saturated rings. The lowest BCUT2D eigenvalue weighted by atomic mass is 10.2. The molecule has 2 heterocycles. The van der Waals surface area contributed by atoms with Crippen LogP contribution in [-0.4, -0.2) is 17.0 Å². The number of aromatic nitrogens is 2. The van der Waals surface area contributed by atoms with Gasteiger partial charge in [0.05, 0.1) is 17.9 Å². The molecule has 0 aromatic carbocycles. The Morgan fingerprint density at radius 2 is 2.06 bits per heavy atom. The molecule has 0 saturated carbocycles. The Morgan fingerprint density at radius 1 is 1.22 bits per heavy atom. The monoisotopic (exact) mass is 242 g/mol. The lowest BCUT2D eigenvalue weighted by Gasteiger charge is -2.19. The number of nitrogens with zero attached hydrogens (tertiary/aromatic N) is 3. The molecule has 4 nitrogen and oxygen atoms in total. The van der Waals surface area contributed by atoms with E-state index in [-0.39, 0.29) is 0 Å². The summed E-state index contributed by atoms with van der Waals surface area (Å²) in [5, 5.41) is 0. The van der Waals surface area contributed by atoms with Gasteiger partial charge in [-0.05, 0) is 31.2 Å². The van der Waals surface area contributed by atoms with Crippen LogP contribution in [0.15, 0.2) is 36.5 Å². The molecule has 0 radical (unpaired) electrons. The van der Waals surface area contributed by atoms with Crippen LogP contribution in [0.4, 0.5) is 5.69 Å². The Morgan fingerprint density at radius 3 is 2.78 bits per heavy atom. The largest absolute Gasteiger partial charge is 0.369 e. The van der Waals surface area contributed by atoms with Gasteiger partial charge in [0, 0.05) is 31.2 Å². The molecule has 4 heteroatoms. The summed E-state index contributed by atoms with van der Waals surface area (Å²) in [5.41, 5.74) is 9.70. The van der Waals surface area contributed by atoms with Crippen LogP contribution >= 0.6 is 0 Å². The van der Waals surface area contributed by atoms with Crippen molar-refractivity contribution in [2.45, 2.75) is 20.0 Å². The van der Waals surface area contributed by atoms with Gasteiger partial charge < -0.3 is 10.6 Å². The van der Waals surface area contributed by atoms with Crippen molar-refractivity contribution in [2.75, 3.05) is 11.9 Å². The summed E-state index contributed by atoms with van der Waals surface area (Å²) in [5.74, 6) is 0. The van der Waals surface area contributed by atoms with Crippen molar-refractivity contribution in [2.24, 2.45) is 5.73 Å². The highest BCUT2D eigenvalue weighted by Gasteiger charge is 2.04.